The van der Waals surface area contributed by atoms with E-state index in [1.54, 1.807) is 27.7 Å². The number of amides is 10. The first kappa shape index (κ1) is 71.8. The lowest BCUT2D eigenvalue weighted by atomic mass is 9.99. The molecular weight excluding hydrogens is 1020 g/mol. The highest BCUT2D eigenvalue weighted by Gasteiger charge is 2.37. The number of halogens is 1. The molecule has 444 valence electrons. The SMILES string of the molecule is CCCCCCCCCC(=O)NC(C(=O)NC(CCN)C(=O)NC1CCNC(=O)C(C(C)O)NC(=O)C(CCN)NC(=O)C(CCN)NC(=O)C(CC(C)C)NC(=O)C(CC(C)C)NC(=O)C(CCN)NC1=O)C(C)O.Cl. The predicted molar refractivity (Wildman–Crippen MR) is 292 cm³/mol. The Bertz CT molecular complexity index is 1860. The second-order valence-corrected chi connectivity index (χ2v) is 20.5. The average Bonchev–Trinajstić information content (AvgIpc) is 3.34. The minimum Gasteiger partial charge on any atom is -0.391 e. The van der Waals surface area contributed by atoms with Crippen molar-refractivity contribution in [3.05, 3.63) is 0 Å². The number of hydrogen-bond donors (Lipinski definition) is 16. The number of carbonyl (C=O) groups excluding carboxylic acids is 10. The second kappa shape index (κ2) is 39.2. The molecule has 26 nitrogen and oxygen atoms in total. The maximum Gasteiger partial charge on any atom is 0.245 e. The van der Waals surface area contributed by atoms with E-state index in [4.69, 9.17) is 22.9 Å². The summed E-state index contributed by atoms with van der Waals surface area (Å²) in [6.45, 7) is 10.9. The third-order valence-corrected chi connectivity index (χ3v) is 12.6. The molecule has 11 atom stereocenters. The van der Waals surface area contributed by atoms with E-state index in [2.05, 4.69) is 60.1 Å². The van der Waals surface area contributed by atoms with E-state index >= 15 is 0 Å². The van der Waals surface area contributed by atoms with Crippen molar-refractivity contribution in [1.29, 1.82) is 0 Å². The average molecular weight is 1120 g/mol. The van der Waals surface area contributed by atoms with Gasteiger partial charge in [0.25, 0.3) is 0 Å². The molecule has 0 saturated carbocycles. The van der Waals surface area contributed by atoms with Gasteiger partial charge in [0.1, 0.15) is 54.4 Å². The number of rotatable bonds is 27. The molecule has 1 rings (SSSR count). The standard InChI is InChI=1S/C50H94N14O12.ClH/c1-8-9-10-11-12-13-14-15-39(67)63-41(31(7)66)50(76)60-34(18-23-53)43(69)59-36-20-25-55-49(75)40(30(6)65)64-46(72)35(19-24-54)57-42(68)32(16-21-51)58-47(73)37(26-28(2)3)62-48(74)38(27-29(4)5)61-44(70)33(17-22-52)56-45(36)71;/h28-38,40-41,65-66H,8-27,51-54H2,1-7H3,(H,55,75)(H,56,71)(H,57,68)(H,58,73)(H,59,69)(H,60,76)(H,61,70)(H,62,74)(H,63,67)(H,64,72);1H. The third-order valence-electron chi connectivity index (χ3n) is 12.6. The molecular formula is C50H95ClN14O12. The molecule has 1 aliphatic heterocycles. The van der Waals surface area contributed by atoms with Crippen molar-refractivity contribution in [2.24, 2.45) is 34.8 Å². The second-order valence-electron chi connectivity index (χ2n) is 20.5. The van der Waals surface area contributed by atoms with Gasteiger partial charge in [-0.1, -0.05) is 73.1 Å². The topological polar surface area (TPSA) is 436 Å². The van der Waals surface area contributed by atoms with Crippen LogP contribution >= 0.6 is 12.4 Å². The first-order chi connectivity index (χ1) is 35.9. The minimum atomic E-state index is -1.65. The van der Waals surface area contributed by atoms with Gasteiger partial charge in [-0.2, -0.15) is 0 Å². The van der Waals surface area contributed by atoms with Crippen LogP contribution in [0.15, 0.2) is 0 Å². The summed E-state index contributed by atoms with van der Waals surface area (Å²) in [6, 6.07) is -12.8. The van der Waals surface area contributed by atoms with Gasteiger partial charge in [0.15, 0.2) is 0 Å². The molecule has 0 aromatic heterocycles. The number of aliphatic hydroxyl groups excluding tert-OH is 2. The summed E-state index contributed by atoms with van der Waals surface area (Å²) in [5.41, 5.74) is 23.4. The molecule has 1 fully saturated rings. The van der Waals surface area contributed by atoms with Crippen LogP contribution in [0.5, 0.6) is 0 Å². The highest BCUT2D eigenvalue weighted by Crippen LogP contribution is 2.13. The summed E-state index contributed by atoms with van der Waals surface area (Å²) < 4.78 is 0. The van der Waals surface area contributed by atoms with Crippen LogP contribution < -0.4 is 76.1 Å². The van der Waals surface area contributed by atoms with Crippen LogP contribution in [0.25, 0.3) is 0 Å². The number of unbranched alkanes of at least 4 members (excludes halogenated alkanes) is 6. The molecule has 1 heterocycles. The van der Waals surface area contributed by atoms with E-state index in [0.717, 1.165) is 38.5 Å². The zero-order valence-corrected chi connectivity index (χ0v) is 47.2. The normalized spacial score (nSPS) is 23.3. The van der Waals surface area contributed by atoms with E-state index in [9.17, 15) is 58.2 Å². The van der Waals surface area contributed by atoms with Crippen molar-refractivity contribution in [2.45, 2.75) is 211 Å². The highest BCUT2D eigenvalue weighted by atomic mass is 35.5. The summed E-state index contributed by atoms with van der Waals surface area (Å²) >= 11 is 0. The Balaban J connectivity index is 0.0000578. The molecule has 1 aliphatic rings. The lowest BCUT2D eigenvalue weighted by Gasteiger charge is -2.29. The quantitative estimate of drug-likeness (QED) is 0.0358. The third kappa shape index (κ3) is 27.8. The molecule has 11 unspecified atom stereocenters. The summed E-state index contributed by atoms with van der Waals surface area (Å²) in [5, 5.41) is 46.9. The van der Waals surface area contributed by atoms with Gasteiger partial charge in [0.05, 0.1) is 12.2 Å². The molecule has 0 spiro atoms. The molecule has 0 bridgehead atoms. The zero-order valence-electron chi connectivity index (χ0n) is 46.3. The molecule has 0 radical (unpaired) electrons. The van der Waals surface area contributed by atoms with Gasteiger partial charge in [-0.25, -0.2) is 0 Å². The maximum absolute atomic E-state index is 14.3. The summed E-state index contributed by atoms with van der Waals surface area (Å²) in [6.07, 6.45) is 3.02. The van der Waals surface area contributed by atoms with Crippen LogP contribution in [0, 0.1) is 11.8 Å². The van der Waals surface area contributed by atoms with Crippen LogP contribution in [0.1, 0.15) is 145 Å². The predicted octanol–water partition coefficient (Wildman–Crippen LogP) is -3.32. The molecule has 1 saturated heterocycles. The van der Waals surface area contributed by atoms with Gasteiger partial charge in [-0.3, -0.25) is 47.9 Å². The van der Waals surface area contributed by atoms with Gasteiger partial charge >= 0.3 is 0 Å². The van der Waals surface area contributed by atoms with Gasteiger partial charge in [-0.05, 0) is 103 Å². The molecule has 27 heteroatoms. The summed E-state index contributed by atoms with van der Waals surface area (Å²) in [4.78, 5) is 138. The van der Waals surface area contributed by atoms with Crippen LogP contribution in [0.2, 0.25) is 0 Å². The molecule has 0 aromatic rings. The monoisotopic (exact) mass is 1120 g/mol. The lowest BCUT2D eigenvalue weighted by molar-refractivity contribution is -0.136. The van der Waals surface area contributed by atoms with Crippen LogP contribution in [0.4, 0.5) is 0 Å². The molecule has 77 heavy (non-hydrogen) atoms. The van der Waals surface area contributed by atoms with E-state index < -0.39 is 139 Å². The Morgan fingerprint density at radius 1 is 0.558 bits per heavy atom. The fraction of sp³-hybridized carbons (Fsp3) is 0.800. The fourth-order valence-electron chi connectivity index (χ4n) is 8.31. The number of carbonyl (C=O) groups is 10. The number of aliphatic hydroxyl groups is 2. The Morgan fingerprint density at radius 2 is 0.987 bits per heavy atom. The van der Waals surface area contributed by atoms with Crippen molar-refractivity contribution in [2.75, 3.05) is 32.7 Å². The van der Waals surface area contributed by atoms with E-state index in [-0.39, 0.29) is 95.4 Å². The molecule has 0 aromatic carbocycles. The number of nitrogens with two attached hydrogens (primary N) is 4. The first-order valence-electron chi connectivity index (χ1n) is 27.1. The van der Waals surface area contributed by atoms with Crippen molar-refractivity contribution >= 4 is 71.5 Å². The van der Waals surface area contributed by atoms with E-state index in [0.29, 0.717) is 6.42 Å². The van der Waals surface area contributed by atoms with E-state index in [1.165, 1.54) is 13.8 Å². The highest BCUT2D eigenvalue weighted by molar-refractivity contribution is 5.98. The van der Waals surface area contributed by atoms with E-state index in [1.807, 2.05) is 0 Å². The molecule has 10 amide bonds. The Kier molecular flexibility index (Phi) is 36.5. The smallest absolute Gasteiger partial charge is 0.245 e. The lowest BCUT2D eigenvalue weighted by Crippen LogP contribution is -2.61. The van der Waals surface area contributed by atoms with Crippen molar-refractivity contribution < 1.29 is 58.2 Å². The van der Waals surface area contributed by atoms with Crippen molar-refractivity contribution in [1.82, 2.24) is 53.2 Å². The summed E-state index contributed by atoms with van der Waals surface area (Å²) in [5.74, 6) is -8.79. The van der Waals surface area contributed by atoms with Crippen molar-refractivity contribution in [3.8, 4) is 0 Å². The maximum atomic E-state index is 14.3. The zero-order chi connectivity index (χ0) is 57.5. The van der Waals surface area contributed by atoms with Crippen molar-refractivity contribution in [3.63, 3.8) is 0 Å². The van der Waals surface area contributed by atoms with Crippen LogP contribution in [0.3, 0.4) is 0 Å². The number of hydrogen-bond acceptors (Lipinski definition) is 16. The molecule has 20 N–H and O–H groups in total. The number of nitrogens with one attached hydrogen (secondary N) is 10. The summed E-state index contributed by atoms with van der Waals surface area (Å²) in [7, 11) is 0. The largest absolute Gasteiger partial charge is 0.391 e. The Labute approximate surface area is 460 Å². The van der Waals surface area contributed by atoms with Crippen LogP contribution in [-0.2, 0) is 47.9 Å². The Morgan fingerprint density at radius 3 is 1.42 bits per heavy atom. The minimum absolute atomic E-state index is 0. The first-order valence-corrected chi connectivity index (χ1v) is 27.1. The Hall–Kier alpha value is -5.25. The molecule has 0 aliphatic carbocycles. The van der Waals surface area contributed by atoms with Gasteiger partial charge in [0.2, 0.25) is 59.1 Å². The fourth-order valence-corrected chi connectivity index (χ4v) is 8.31. The van der Waals surface area contributed by atoms with Gasteiger partial charge in [-0.15, -0.1) is 12.4 Å². The van der Waals surface area contributed by atoms with Crippen LogP contribution in [-0.4, -0.2) is 169 Å². The van der Waals surface area contributed by atoms with Gasteiger partial charge in [0, 0.05) is 13.0 Å². The van der Waals surface area contributed by atoms with Gasteiger partial charge < -0.3 is 86.3 Å².